The molecule has 0 bridgehead atoms. The zero-order valence-corrected chi connectivity index (χ0v) is 15.9. The van der Waals surface area contributed by atoms with Crippen LogP contribution in [0.5, 0.6) is 0 Å². The Morgan fingerprint density at radius 2 is 2.00 bits per heavy atom. The van der Waals surface area contributed by atoms with Crippen molar-refractivity contribution in [1.82, 2.24) is 9.78 Å². The highest BCUT2D eigenvalue weighted by molar-refractivity contribution is 5.94. The topological polar surface area (TPSA) is 82.2 Å². The molecule has 1 heterocycles. The molecule has 0 aliphatic heterocycles. The fourth-order valence-corrected chi connectivity index (χ4v) is 2.54. The van der Waals surface area contributed by atoms with Crippen LogP contribution in [0.15, 0.2) is 24.3 Å². The maximum atomic E-state index is 12.3. The number of ether oxygens (including phenoxy) is 1. The van der Waals surface area contributed by atoms with Crippen molar-refractivity contribution in [3.63, 3.8) is 0 Å². The van der Waals surface area contributed by atoms with Gasteiger partial charge in [-0.05, 0) is 25.5 Å². The van der Waals surface area contributed by atoms with Crippen molar-refractivity contribution in [3.05, 3.63) is 41.1 Å². The summed E-state index contributed by atoms with van der Waals surface area (Å²) in [4.78, 5) is 12.3. The molecule has 2 aromatic rings. The molecule has 1 aromatic carbocycles. The number of aryl methyl sites for hydroxylation is 2. The Morgan fingerprint density at radius 1 is 1.32 bits per heavy atom. The normalized spacial score (nSPS) is 12.9. The van der Waals surface area contributed by atoms with Crippen LogP contribution < -0.4 is 11.1 Å². The molecule has 0 saturated heterocycles. The molecule has 1 amide bonds. The number of carbonyl (C=O) groups is 1. The number of amides is 1. The minimum absolute atomic E-state index is 0.141. The minimum Gasteiger partial charge on any atom is -0.383 e. The summed E-state index contributed by atoms with van der Waals surface area (Å²) < 4.78 is 6.73. The van der Waals surface area contributed by atoms with Crippen molar-refractivity contribution in [2.75, 3.05) is 19.0 Å². The van der Waals surface area contributed by atoms with Gasteiger partial charge in [0.25, 0.3) is 0 Å². The number of nitrogens with zero attached hydrogens (tertiary/aromatic N) is 2. The molecule has 0 aliphatic carbocycles. The second-order valence-corrected chi connectivity index (χ2v) is 7.42. The predicted molar refractivity (Wildman–Crippen MR) is 100 cm³/mol. The number of anilines is 1. The summed E-state index contributed by atoms with van der Waals surface area (Å²) in [6.45, 7) is 10.5. The lowest BCUT2D eigenvalue weighted by Gasteiger charge is -2.15. The maximum absolute atomic E-state index is 12.3. The van der Waals surface area contributed by atoms with Crippen molar-refractivity contribution in [3.8, 4) is 5.69 Å². The summed E-state index contributed by atoms with van der Waals surface area (Å²) in [6, 6.07) is 7.30. The molecular formula is C19H28N4O2. The van der Waals surface area contributed by atoms with Crippen LogP contribution in [0.3, 0.4) is 0 Å². The Kier molecular flexibility index (Phi) is 5.65. The fourth-order valence-electron chi connectivity index (χ4n) is 2.54. The maximum Gasteiger partial charge on any atom is 0.244 e. The molecule has 1 unspecified atom stereocenters. The van der Waals surface area contributed by atoms with Gasteiger partial charge in [-0.3, -0.25) is 4.79 Å². The van der Waals surface area contributed by atoms with E-state index >= 15 is 0 Å². The molecule has 6 heteroatoms. The molecule has 2 rings (SSSR count). The van der Waals surface area contributed by atoms with Crippen LogP contribution in [0.4, 0.5) is 5.82 Å². The number of nitrogens with one attached hydrogen (secondary N) is 1. The molecule has 3 N–H and O–H groups in total. The van der Waals surface area contributed by atoms with Crippen LogP contribution in [0.2, 0.25) is 0 Å². The summed E-state index contributed by atoms with van der Waals surface area (Å²) in [6.07, 6.45) is 0. The van der Waals surface area contributed by atoms with Crippen molar-refractivity contribution < 1.29 is 9.53 Å². The lowest BCUT2D eigenvalue weighted by atomic mass is 9.92. The lowest BCUT2D eigenvalue weighted by Crippen LogP contribution is -2.39. The summed E-state index contributed by atoms with van der Waals surface area (Å²) >= 11 is 0. The van der Waals surface area contributed by atoms with E-state index in [9.17, 15) is 4.79 Å². The number of hydrogen-bond donors (Lipinski definition) is 2. The van der Waals surface area contributed by atoms with Crippen LogP contribution in [0.1, 0.15) is 37.6 Å². The first-order chi connectivity index (χ1) is 11.6. The first-order valence-electron chi connectivity index (χ1n) is 8.37. The quantitative estimate of drug-likeness (QED) is 0.874. The first kappa shape index (κ1) is 19.1. The second kappa shape index (κ2) is 7.37. The summed E-state index contributed by atoms with van der Waals surface area (Å²) in [5.41, 5.74) is 9.78. The highest BCUT2D eigenvalue weighted by Crippen LogP contribution is 2.27. The van der Waals surface area contributed by atoms with Gasteiger partial charge in [-0.25, -0.2) is 4.68 Å². The monoisotopic (exact) mass is 344 g/mol. The van der Waals surface area contributed by atoms with Gasteiger partial charge >= 0.3 is 0 Å². The number of aromatic nitrogens is 2. The molecule has 1 aromatic heterocycles. The zero-order valence-electron chi connectivity index (χ0n) is 15.9. The van der Waals surface area contributed by atoms with Crippen LogP contribution in [0.25, 0.3) is 5.69 Å². The molecule has 1 atom stereocenters. The highest BCUT2D eigenvalue weighted by Gasteiger charge is 2.23. The van der Waals surface area contributed by atoms with Gasteiger partial charge in [-0.2, -0.15) is 5.10 Å². The summed E-state index contributed by atoms with van der Waals surface area (Å²) in [5.74, 6) is 0.307. The molecule has 25 heavy (non-hydrogen) atoms. The number of methoxy groups -OCH3 is 1. The van der Waals surface area contributed by atoms with E-state index < -0.39 is 6.04 Å². The number of nitrogens with two attached hydrogens (primary N) is 1. The van der Waals surface area contributed by atoms with Crippen LogP contribution in [-0.4, -0.2) is 35.4 Å². The fraction of sp³-hybridized carbons (Fsp3) is 0.474. The molecule has 0 aliphatic rings. The Balaban J connectivity index is 2.47. The van der Waals surface area contributed by atoms with E-state index in [1.165, 1.54) is 12.7 Å². The molecule has 6 nitrogen and oxygen atoms in total. The van der Waals surface area contributed by atoms with E-state index in [-0.39, 0.29) is 17.9 Å². The predicted octanol–water partition coefficient (Wildman–Crippen LogP) is 2.70. The van der Waals surface area contributed by atoms with Crippen LogP contribution in [0, 0.1) is 13.8 Å². The number of carbonyl (C=O) groups excluding carboxylic acids is 1. The standard InChI is InChI=1S/C19H28N4O2/c1-12-7-8-15(13(2)9-12)23-17(10-16(22-23)19(3,4)5)21-18(24)14(20)11-25-6/h7-10,14H,11,20H2,1-6H3,(H,21,24). The largest absolute Gasteiger partial charge is 0.383 e. The van der Waals surface area contributed by atoms with Crippen LogP contribution in [-0.2, 0) is 14.9 Å². The van der Waals surface area contributed by atoms with Gasteiger partial charge in [0.05, 0.1) is 18.0 Å². The van der Waals surface area contributed by atoms with E-state index in [1.807, 2.05) is 32.0 Å². The summed E-state index contributed by atoms with van der Waals surface area (Å²) in [5, 5.41) is 7.61. The third-order valence-corrected chi connectivity index (χ3v) is 3.99. The van der Waals surface area contributed by atoms with Crippen molar-refractivity contribution >= 4 is 11.7 Å². The van der Waals surface area contributed by atoms with Crippen LogP contribution >= 0.6 is 0 Å². The third kappa shape index (κ3) is 4.46. The Morgan fingerprint density at radius 3 is 2.56 bits per heavy atom. The SMILES string of the molecule is COCC(N)C(=O)Nc1cc(C(C)(C)C)nn1-c1ccc(C)cc1C. The van der Waals surface area contributed by atoms with Gasteiger partial charge in [0.15, 0.2) is 0 Å². The molecule has 0 spiro atoms. The second-order valence-electron chi connectivity index (χ2n) is 7.42. The van der Waals surface area contributed by atoms with Crippen molar-refractivity contribution in [1.29, 1.82) is 0 Å². The average Bonchev–Trinajstić information content (AvgIpc) is 2.91. The Bertz CT molecular complexity index is 759. The number of hydrogen-bond acceptors (Lipinski definition) is 4. The number of benzene rings is 1. The average molecular weight is 344 g/mol. The van der Waals surface area contributed by atoms with Gasteiger partial charge < -0.3 is 15.8 Å². The molecule has 0 radical (unpaired) electrons. The van der Waals surface area contributed by atoms with Gasteiger partial charge in [0.1, 0.15) is 11.9 Å². The molecule has 136 valence electrons. The first-order valence-corrected chi connectivity index (χ1v) is 8.37. The summed E-state index contributed by atoms with van der Waals surface area (Å²) in [7, 11) is 1.52. The third-order valence-electron chi connectivity index (χ3n) is 3.99. The molecule has 0 fully saturated rings. The van der Waals surface area contributed by atoms with Gasteiger partial charge in [-0.15, -0.1) is 0 Å². The Hall–Kier alpha value is -2.18. The van der Waals surface area contributed by atoms with Crippen molar-refractivity contribution in [2.24, 2.45) is 5.73 Å². The molecule has 0 saturated carbocycles. The zero-order chi connectivity index (χ0) is 18.8. The van der Waals surface area contributed by atoms with E-state index in [4.69, 9.17) is 15.6 Å². The van der Waals surface area contributed by atoms with Gasteiger partial charge in [0, 0.05) is 18.6 Å². The number of rotatable bonds is 5. The lowest BCUT2D eigenvalue weighted by molar-refractivity contribution is -0.118. The van der Waals surface area contributed by atoms with Gasteiger partial charge in [0.2, 0.25) is 5.91 Å². The van der Waals surface area contributed by atoms with E-state index in [0.29, 0.717) is 5.82 Å². The van der Waals surface area contributed by atoms with Gasteiger partial charge in [-0.1, -0.05) is 38.5 Å². The van der Waals surface area contributed by atoms with E-state index in [1.54, 1.807) is 4.68 Å². The van der Waals surface area contributed by atoms with E-state index in [0.717, 1.165) is 16.9 Å². The van der Waals surface area contributed by atoms with E-state index in [2.05, 4.69) is 32.2 Å². The minimum atomic E-state index is -0.731. The Labute approximate surface area is 149 Å². The van der Waals surface area contributed by atoms with Crippen molar-refractivity contribution in [2.45, 2.75) is 46.1 Å². The highest BCUT2D eigenvalue weighted by atomic mass is 16.5. The molecular weight excluding hydrogens is 316 g/mol. The smallest absolute Gasteiger partial charge is 0.244 e.